The van der Waals surface area contributed by atoms with E-state index in [1.165, 1.54) is 0 Å². The second kappa shape index (κ2) is 3.38. The van der Waals surface area contributed by atoms with Gasteiger partial charge in [0.2, 0.25) is 0 Å². The van der Waals surface area contributed by atoms with E-state index in [0.717, 1.165) is 22.2 Å². The Morgan fingerprint density at radius 3 is 2.62 bits per heavy atom. The zero-order chi connectivity index (χ0) is 11.0. The molecule has 0 amide bonds. The molecule has 0 unspecified atom stereocenters. The molecule has 2 aromatic carbocycles. The lowest BCUT2D eigenvalue weighted by Crippen LogP contribution is -1.83. The molecule has 78 valence electrons. The van der Waals surface area contributed by atoms with E-state index < -0.39 is 0 Å². The van der Waals surface area contributed by atoms with Crippen LogP contribution in [0.3, 0.4) is 0 Å². The van der Waals surface area contributed by atoms with Crippen molar-refractivity contribution in [1.29, 1.82) is 0 Å². The molecule has 2 N–H and O–H groups in total. The molecule has 3 aromatic rings. The van der Waals surface area contributed by atoms with Crippen molar-refractivity contribution in [2.45, 2.75) is 0 Å². The van der Waals surface area contributed by atoms with E-state index in [1.54, 1.807) is 0 Å². The monoisotopic (exact) mass is 210 g/mol. The maximum absolute atomic E-state index is 5.76. The van der Waals surface area contributed by atoms with Crippen LogP contribution in [0, 0.1) is 0 Å². The second-order valence-electron chi connectivity index (χ2n) is 3.65. The predicted molar refractivity (Wildman–Crippen MR) is 63.9 cm³/mol. The summed E-state index contributed by atoms with van der Waals surface area (Å²) < 4.78 is 5.35. The van der Waals surface area contributed by atoms with Crippen LogP contribution in [0.15, 0.2) is 53.1 Å². The molecule has 0 aliphatic carbocycles. The molecular weight excluding hydrogens is 200 g/mol. The van der Waals surface area contributed by atoms with Gasteiger partial charge in [-0.2, -0.15) is 0 Å². The molecule has 0 radical (unpaired) electrons. The topological polar surface area (TPSA) is 52.0 Å². The summed E-state index contributed by atoms with van der Waals surface area (Å²) >= 11 is 0. The van der Waals surface area contributed by atoms with Crippen molar-refractivity contribution in [1.82, 2.24) is 5.16 Å². The molecule has 0 saturated heterocycles. The Morgan fingerprint density at radius 2 is 1.81 bits per heavy atom. The summed E-state index contributed by atoms with van der Waals surface area (Å²) in [5.74, 6) is 0.767. The third-order valence-electron chi connectivity index (χ3n) is 2.54. The zero-order valence-electron chi connectivity index (χ0n) is 8.55. The Hall–Kier alpha value is -2.29. The molecule has 3 heteroatoms. The zero-order valence-corrected chi connectivity index (χ0v) is 8.55. The number of rotatable bonds is 1. The van der Waals surface area contributed by atoms with Crippen LogP contribution in [0.5, 0.6) is 0 Å². The first kappa shape index (κ1) is 8.97. The minimum Gasteiger partial charge on any atom is -0.399 e. The molecule has 3 nitrogen and oxygen atoms in total. The van der Waals surface area contributed by atoms with Crippen molar-refractivity contribution < 1.29 is 4.52 Å². The summed E-state index contributed by atoms with van der Waals surface area (Å²) in [7, 11) is 0. The lowest BCUT2D eigenvalue weighted by molar-refractivity contribution is 0.441. The average molecular weight is 210 g/mol. The van der Waals surface area contributed by atoms with Crippen molar-refractivity contribution in [3.63, 3.8) is 0 Å². The van der Waals surface area contributed by atoms with Crippen LogP contribution in [-0.4, -0.2) is 5.16 Å². The third-order valence-corrected chi connectivity index (χ3v) is 2.54. The van der Waals surface area contributed by atoms with Crippen LogP contribution in [0.2, 0.25) is 0 Å². The maximum atomic E-state index is 5.76. The van der Waals surface area contributed by atoms with Gasteiger partial charge in [-0.25, -0.2) is 0 Å². The number of aromatic nitrogens is 1. The van der Waals surface area contributed by atoms with Gasteiger partial charge in [-0.1, -0.05) is 35.5 Å². The van der Waals surface area contributed by atoms with Crippen LogP contribution in [-0.2, 0) is 0 Å². The fourth-order valence-electron chi connectivity index (χ4n) is 1.76. The highest BCUT2D eigenvalue weighted by Crippen LogP contribution is 2.29. The number of anilines is 1. The van der Waals surface area contributed by atoms with Crippen LogP contribution in [0.4, 0.5) is 5.69 Å². The Kier molecular flexibility index (Phi) is 1.90. The Labute approximate surface area is 92.5 Å². The second-order valence-corrected chi connectivity index (χ2v) is 3.65. The molecule has 0 aliphatic heterocycles. The number of hydrogen-bond acceptors (Lipinski definition) is 3. The number of hydrogen-bond donors (Lipinski definition) is 1. The molecule has 0 aliphatic rings. The van der Waals surface area contributed by atoms with E-state index in [-0.39, 0.29) is 0 Å². The van der Waals surface area contributed by atoms with Crippen LogP contribution in [0.1, 0.15) is 0 Å². The molecular formula is C13H10N2O. The molecule has 1 aromatic heterocycles. The van der Waals surface area contributed by atoms with Crippen molar-refractivity contribution in [2.75, 3.05) is 5.73 Å². The van der Waals surface area contributed by atoms with Gasteiger partial charge < -0.3 is 10.3 Å². The molecule has 0 bridgehead atoms. The lowest BCUT2D eigenvalue weighted by Gasteiger charge is -1.96. The van der Waals surface area contributed by atoms with Gasteiger partial charge in [-0.15, -0.1) is 0 Å². The molecule has 0 atom stereocenters. The first-order valence-corrected chi connectivity index (χ1v) is 5.05. The summed E-state index contributed by atoms with van der Waals surface area (Å²) in [4.78, 5) is 0. The summed E-state index contributed by atoms with van der Waals surface area (Å²) in [5, 5.41) is 4.96. The fraction of sp³-hybridized carbons (Fsp3) is 0. The number of nitrogens with two attached hydrogens (primary N) is 1. The van der Waals surface area contributed by atoms with Crippen LogP contribution in [0.25, 0.3) is 22.2 Å². The van der Waals surface area contributed by atoms with Gasteiger partial charge in [0.1, 0.15) is 5.52 Å². The first-order chi connectivity index (χ1) is 7.84. The van der Waals surface area contributed by atoms with Crippen molar-refractivity contribution >= 4 is 16.6 Å². The van der Waals surface area contributed by atoms with E-state index in [1.807, 2.05) is 48.5 Å². The van der Waals surface area contributed by atoms with Gasteiger partial charge >= 0.3 is 0 Å². The van der Waals surface area contributed by atoms with Crippen molar-refractivity contribution in [3.05, 3.63) is 48.5 Å². The molecule has 3 rings (SSSR count). The minimum absolute atomic E-state index is 0.716. The van der Waals surface area contributed by atoms with Gasteiger partial charge in [0.25, 0.3) is 0 Å². The highest BCUT2D eigenvalue weighted by Gasteiger charge is 2.09. The molecule has 0 saturated carbocycles. The van der Waals surface area contributed by atoms with Gasteiger partial charge in [0.15, 0.2) is 5.76 Å². The fourth-order valence-corrected chi connectivity index (χ4v) is 1.76. The lowest BCUT2D eigenvalue weighted by atomic mass is 10.1. The largest absolute Gasteiger partial charge is 0.399 e. The SMILES string of the molecule is Nc1ccc2noc(-c3ccccc3)c2c1. The van der Waals surface area contributed by atoms with Gasteiger partial charge in [-0.05, 0) is 18.2 Å². The standard InChI is InChI=1S/C13H10N2O/c14-10-6-7-12-11(8-10)13(16-15-12)9-4-2-1-3-5-9/h1-8H,14H2. The summed E-state index contributed by atoms with van der Waals surface area (Å²) in [6.45, 7) is 0. The highest BCUT2D eigenvalue weighted by molar-refractivity contribution is 5.93. The smallest absolute Gasteiger partial charge is 0.174 e. The van der Waals surface area contributed by atoms with Gasteiger partial charge in [-0.3, -0.25) is 0 Å². The Bertz CT molecular complexity index is 629. The average Bonchev–Trinajstić information content (AvgIpc) is 2.73. The van der Waals surface area contributed by atoms with E-state index in [9.17, 15) is 0 Å². The van der Waals surface area contributed by atoms with Gasteiger partial charge in [0, 0.05) is 11.3 Å². The van der Waals surface area contributed by atoms with Crippen LogP contribution >= 0.6 is 0 Å². The first-order valence-electron chi connectivity index (χ1n) is 5.05. The quantitative estimate of drug-likeness (QED) is 0.628. The number of nitrogen functional groups attached to an aromatic ring is 1. The summed E-state index contributed by atoms with van der Waals surface area (Å²) in [6.07, 6.45) is 0. The molecule has 1 heterocycles. The third kappa shape index (κ3) is 1.34. The van der Waals surface area contributed by atoms with Crippen molar-refractivity contribution in [3.8, 4) is 11.3 Å². The summed E-state index contributed by atoms with van der Waals surface area (Å²) in [6, 6.07) is 15.4. The number of benzene rings is 2. The normalized spacial score (nSPS) is 10.8. The molecule has 16 heavy (non-hydrogen) atoms. The van der Waals surface area contributed by atoms with E-state index in [0.29, 0.717) is 5.69 Å². The van der Waals surface area contributed by atoms with E-state index >= 15 is 0 Å². The van der Waals surface area contributed by atoms with E-state index in [2.05, 4.69) is 5.16 Å². The molecule has 0 fully saturated rings. The molecule has 0 spiro atoms. The Morgan fingerprint density at radius 1 is 1.00 bits per heavy atom. The Balaban J connectivity index is 2.29. The minimum atomic E-state index is 0.716. The van der Waals surface area contributed by atoms with Crippen molar-refractivity contribution in [2.24, 2.45) is 0 Å². The maximum Gasteiger partial charge on any atom is 0.174 e. The summed E-state index contributed by atoms with van der Waals surface area (Å²) in [5.41, 5.74) is 8.31. The van der Waals surface area contributed by atoms with Gasteiger partial charge in [0.05, 0.1) is 5.39 Å². The predicted octanol–water partition coefficient (Wildman–Crippen LogP) is 3.08. The van der Waals surface area contributed by atoms with E-state index in [4.69, 9.17) is 10.3 Å². The highest BCUT2D eigenvalue weighted by atomic mass is 16.5. The number of fused-ring (bicyclic) bond motifs is 1. The van der Waals surface area contributed by atoms with Crippen LogP contribution < -0.4 is 5.73 Å². The number of nitrogens with zero attached hydrogens (tertiary/aromatic N) is 1.